The van der Waals surface area contributed by atoms with Gasteiger partial charge in [-0.3, -0.25) is 14.4 Å². The van der Waals surface area contributed by atoms with Crippen molar-refractivity contribution in [2.45, 2.75) is 25.8 Å². The molecule has 0 bridgehead atoms. The molecule has 0 aromatic heterocycles. The standard InChI is InChI=1S/C6H15NO5P2/c1-5(2)3-4-7-6-13(8,9)12-14(6,10)11/h5-7H,3-4H2,1-2H3,(H,8,9)(H,10,11). The normalized spacial score (nSPS) is 42.5. The largest absolute Gasteiger partial charge is 0.364 e. The van der Waals surface area contributed by atoms with E-state index in [-0.39, 0.29) is 0 Å². The van der Waals surface area contributed by atoms with Crippen LogP contribution in [0, 0.1) is 5.92 Å². The second kappa shape index (κ2) is 4.05. The number of rotatable bonds is 4. The molecule has 2 unspecified atom stereocenters. The third kappa shape index (κ3) is 2.66. The van der Waals surface area contributed by atoms with Crippen LogP contribution in [0.4, 0.5) is 0 Å². The van der Waals surface area contributed by atoms with E-state index in [4.69, 9.17) is 9.79 Å². The number of nitrogens with one attached hydrogen (secondary N) is 1. The van der Waals surface area contributed by atoms with Gasteiger partial charge in [0.05, 0.1) is 0 Å². The summed E-state index contributed by atoms with van der Waals surface area (Å²) in [5.41, 5.74) is -1.30. The van der Waals surface area contributed by atoms with Crippen LogP contribution in [0.15, 0.2) is 0 Å². The summed E-state index contributed by atoms with van der Waals surface area (Å²) in [6.45, 7) is 4.42. The van der Waals surface area contributed by atoms with Gasteiger partial charge in [-0.15, -0.1) is 0 Å². The van der Waals surface area contributed by atoms with Crippen LogP contribution in [0.25, 0.3) is 0 Å². The van der Waals surface area contributed by atoms with Gasteiger partial charge in [0.2, 0.25) is 5.52 Å². The summed E-state index contributed by atoms with van der Waals surface area (Å²) in [5.74, 6) is 0.430. The Balaban J connectivity index is 2.44. The van der Waals surface area contributed by atoms with E-state index in [9.17, 15) is 9.13 Å². The van der Waals surface area contributed by atoms with Crippen LogP contribution >= 0.6 is 15.2 Å². The first-order valence-electron chi connectivity index (χ1n) is 4.35. The van der Waals surface area contributed by atoms with Crippen LogP contribution < -0.4 is 5.32 Å². The molecule has 14 heavy (non-hydrogen) atoms. The zero-order valence-electron chi connectivity index (χ0n) is 8.08. The topological polar surface area (TPSA) is 95.9 Å². The first-order valence-corrected chi connectivity index (χ1v) is 7.65. The van der Waals surface area contributed by atoms with E-state index in [1.54, 1.807) is 0 Å². The molecule has 6 nitrogen and oxygen atoms in total. The fourth-order valence-electron chi connectivity index (χ4n) is 1.13. The highest BCUT2D eigenvalue weighted by molar-refractivity contribution is 7.84. The van der Waals surface area contributed by atoms with Crippen molar-refractivity contribution in [1.29, 1.82) is 0 Å². The SMILES string of the molecule is CC(C)CCNC1P(=O)(O)OP1(=O)O. The molecule has 0 amide bonds. The first kappa shape index (κ1) is 12.4. The van der Waals surface area contributed by atoms with Crippen LogP contribution in [0.1, 0.15) is 20.3 Å². The molecule has 8 heteroatoms. The molecule has 0 saturated carbocycles. The average Bonchev–Trinajstić information content (AvgIpc) is 1.94. The van der Waals surface area contributed by atoms with Crippen molar-refractivity contribution in [3.05, 3.63) is 0 Å². The van der Waals surface area contributed by atoms with Crippen molar-refractivity contribution < 1.29 is 23.2 Å². The van der Waals surface area contributed by atoms with Crippen molar-refractivity contribution in [1.82, 2.24) is 5.32 Å². The lowest BCUT2D eigenvalue weighted by Gasteiger charge is -2.36. The van der Waals surface area contributed by atoms with E-state index in [1.165, 1.54) is 0 Å². The second-order valence-corrected chi connectivity index (χ2v) is 8.07. The van der Waals surface area contributed by atoms with E-state index in [2.05, 4.69) is 9.63 Å². The summed E-state index contributed by atoms with van der Waals surface area (Å²) in [4.78, 5) is 18.0. The highest BCUT2D eigenvalue weighted by Gasteiger charge is 2.61. The van der Waals surface area contributed by atoms with Gasteiger partial charge in [-0.05, 0) is 18.9 Å². The molecule has 1 aliphatic heterocycles. The maximum absolute atomic E-state index is 11.0. The molecule has 1 saturated heterocycles. The fraction of sp³-hybridized carbons (Fsp3) is 1.00. The van der Waals surface area contributed by atoms with Crippen LogP contribution in [-0.2, 0) is 13.4 Å². The smallest absolute Gasteiger partial charge is 0.322 e. The highest BCUT2D eigenvalue weighted by atomic mass is 31.3. The zero-order chi connectivity index (χ0) is 11.0. The van der Waals surface area contributed by atoms with Gasteiger partial charge in [-0.2, -0.15) is 0 Å². The molecule has 1 fully saturated rings. The van der Waals surface area contributed by atoms with Crippen LogP contribution in [0.5, 0.6) is 0 Å². The van der Waals surface area contributed by atoms with E-state index in [1.807, 2.05) is 13.8 Å². The van der Waals surface area contributed by atoms with E-state index >= 15 is 0 Å². The van der Waals surface area contributed by atoms with E-state index in [0.29, 0.717) is 12.5 Å². The van der Waals surface area contributed by atoms with Gasteiger partial charge in [0.15, 0.2) is 0 Å². The summed E-state index contributed by atoms with van der Waals surface area (Å²) in [7, 11) is -7.76. The Kier molecular flexibility index (Phi) is 3.58. The van der Waals surface area contributed by atoms with Gasteiger partial charge in [0.25, 0.3) is 0 Å². The molecule has 1 rings (SSSR count). The summed E-state index contributed by atoms with van der Waals surface area (Å²) >= 11 is 0. The minimum atomic E-state index is -3.88. The maximum Gasteiger partial charge on any atom is 0.364 e. The molecular weight excluding hydrogens is 228 g/mol. The van der Waals surface area contributed by atoms with Gasteiger partial charge in [0.1, 0.15) is 0 Å². The van der Waals surface area contributed by atoms with E-state index in [0.717, 1.165) is 6.42 Å². The predicted molar refractivity (Wildman–Crippen MR) is 52.0 cm³/mol. The van der Waals surface area contributed by atoms with Crippen LogP contribution in [0.2, 0.25) is 0 Å². The van der Waals surface area contributed by atoms with Crippen molar-refractivity contribution in [3.8, 4) is 0 Å². The lowest BCUT2D eigenvalue weighted by Crippen LogP contribution is -2.37. The maximum atomic E-state index is 11.0. The molecule has 84 valence electrons. The summed E-state index contributed by atoms with van der Waals surface area (Å²) in [6.07, 6.45) is 0.774. The summed E-state index contributed by atoms with van der Waals surface area (Å²) in [5, 5.41) is 2.58. The molecule has 0 spiro atoms. The van der Waals surface area contributed by atoms with E-state index < -0.39 is 20.7 Å². The summed E-state index contributed by atoms with van der Waals surface area (Å²) in [6, 6.07) is 0. The van der Waals surface area contributed by atoms with Crippen molar-refractivity contribution in [3.63, 3.8) is 0 Å². The minimum absolute atomic E-state index is 0.430. The Bertz CT molecular complexity index is 283. The molecule has 1 aliphatic rings. The monoisotopic (exact) mass is 243 g/mol. The average molecular weight is 243 g/mol. The minimum Gasteiger partial charge on any atom is -0.322 e. The Morgan fingerprint density at radius 3 is 2.21 bits per heavy atom. The Labute approximate surface area is 82.7 Å². The predicted octanol–water partition coefficient (Wildman–Crippen LogP) is 1.31. The van der Waals surface area contributed by atoms with Gasteiger partial charge >= 0.3 is 15.2 Å². The molecule has 0 aromatic rings. The van der Waals surface area contributed by atoms with Gasteiger partial charge in [-0.25, -0.2) is 4.31 Å². The van der Waals surface area contributed by atoms with Crippen molar-refractivity contribution in [2.24, 2.45) is 5.92 Å². The van der Waals surface area contributed by atoms with Gasteiger partial charge in [-0.1, -0.05) is 13.8 Å². The molecule has 2 atom stereocenters. The lowest BCUT2D eigenvalue weighted by atomic mass is 10.1. The second-order valence-electron chi connectivity index (χ2n) is 3.72. The molecular formula is C6H15NO5P2. The molecule has 1 heterocycles. The third-order valence-corrected chi connectivity index (χ3v) is 7.12. The molecule has 3 N–H and O–H groups in total. The molecule has 0 radical (unpaired) electrons. The molecule has 0 aliphatic carbocycles. The van der Waals surface area contributed by atoms with Gasteiger partial charge < -0.3 is 9.79 Å². The lowest BCUT2D eigenvalue weighted by molar-refractivity contribution is 0.275. The fourth-order valence-corrected chi connectivity index (χ4v) is 5.05. The quantitative estimate of drug-likeness (QED) is 0.644. The van der Waals surface area contributed by atoms with Crippen molar-refractivity contribution >= 4 is 15.2 Å². The highest BCUT2D eigenvalue weighted by Crippen LogP contribution is 2.80. The van der Waals surface area contributed by atoms with Gasteiger partial charge in [0, 0.05) is 0 Å². The Hall–Kier alpha value is 0.300. The number of hydrogen-bond donors (Lipinski definition) is 3. The van der Waals surface area contributed by atoms with Crippen molar-refractivity contribution in [2.75, 3.05) is 6.54 Å². The Morgan fingerprint density at radius 1 is 1.36 bits per heavy atom. The van der Waals surface area contributed by atoms with Crippen LogP contribution in [0.3, 0.4) is 0 Å². The Morgan fingerprint density at radius 2 is 1.86 bits per heavy atom. The van der Waals surface area contributed by atoms with Crippen LogP contribution in [-0.4, -0.2) is 21.9 Å². The zero-order valence-corrected chi connectivity index (χ0v) is 9.87. The third-order valence-electron chi connectivity index (χ3n) is 1.90. The summed E-state index contributed by atoms with van der Waals surface area (Å²) < 4.78 is 26.1. The first-order chi connectivity index (χ1) is 6.26. The molecule has 0 aromatic carbocycles. The number of hydrogen-bond acceptors (Lipinski definition) is 4.